The van der Waals surface area contributed by atoms with Crippen molar-refractivity contribution in [2.45, 2.75) is 25.8 Å². The summed E-state index contributed by atoms with van der Waals surface area (Å²) in [6.07, 6.45) is 4.98. The van der Waals surface area contributed by atoms with E-state index >= 15 is 0 Å². The number of unbranched alkanes of at least 4 members (excludes halogenated alkanes) is 1. The number of benzene rings is 1. The second-order valence-corrected chi connectivity index (χ2v) is 6.32. The standard InChI is InChI=1S/C19H27N5O2.HI/c1-20-19(23(3)15-18-8-6-14-22(18)2)21-13-5-4-7-16-9-11-17(12-10-16)24(25)26;/h6,8-12,14H,4-5,7,13,15H2,1-3H3,(H,20,21);1H. The lowest BCUT2D eigenvalue weighted by Gasteiger charge is -2.22. The van der Waals surface area contributed by atoms with Gasteiger partial charge in [0, 0.05) is 51.7 Å². The molecule has 0 unspecified atom stereocenters. The number of aryl methyl sites for hydroxylation is 2. The van der Waals surface area contributed by atoms with Gasteiger partial charge in [-0.25, -0.2) is 0 Å². The number of nitro groups is 1. The number of aliphatic imine (C=N–C) groups is 1. The second kappa shape index (κ2) is 11.6. The smallest absolute Gasteiger partial charge is 0.269 e. The van der Waals surface area contributed by atoms with Gasteiger partial charge in [-0.2, -0.15) is 0 Å². The first-order valence-corrected chi connectivity index (χ1v) is 8.76. The Hall–Kier alpha value is -2.10. The van der Waals surface area contributed by atoms with Crippen LogP contribution < -0.4 is 5.32 Å². The summed E-state index contributed by atoms with van der Waals surface area (Å²) in [7, 11) is 5.86. The number of hydrogen-bond donors (Lipinski definition) is 1. The number of nitrogens with one attached hydrogen (secondary N) is 1. The molecule has 0 aliphatic carbocycles. The van der Waals surface area contributed by atoms with E-state index in [-0.39, 0.29) is 34.6 Å². The van der Waals surface area contributed by atoms with Gasteiger partial charge in [-0.1, -0.05) is 12.1 Å². The summed E-state index contributed by atoms with van der Waals surface area (Å²) in [5, 5.41) is 14.0. The molecule has 0 amide bonds. The number of aromatic nitrogens is 1. The molecule has 0 spiro atoms. The van der Waals surface area contributed by atoms with Crippen LogP contribution in [0.5, 0.6) is 0 Å². The topological polar surface area (TPSA) is 75.7 Å². The third-order valence-corrected chi connectivity index (χ3v) is 4.35. The van der Waals surface area contributed by atoms with E-state index in [1.54, 1.807) is 19.2 Å². The van der Waals surface area contributed by atoms with Gasteiger partial charge >= 0.3 is 0 Å². The van der Waals surface area contributed by atoms with Crippen molar-refractivity contribution in [1.29, 1.82) is 0 Å². The zero-order valence-corrected chi connectivity index (χ0v) is 18.4. The van der Waals surface area contributed by atoms with Crippen LogP contribution in [0.4, 0.5) is 5.69 Å². The number of hydrogen-bond acceptors (Lipinski definition) is 3. The molecular weight excluding hydrogens is 457 g/mol. The van der Waals surface area contributed by atoms with E-state index in [9.17, 15) is 10.1 Å². The molecule has 0 aliphatic heterocycles. The van der Waals surface area contributed by atoms with Gasteiger partial charge in [-0.3, -0.25) is 15.1 Å². The van der Waals surface area contributed by atoms with Gasteiger partial charge in [0.1, 0.15) is 0 Å². The molecule has 0 radical (unpaired) electrons. The van der Waals surface area contributed by atoms with Crippen LogP contribution in [0.15, 0.2) is 47.6 Å². The summed E-state index contributed by atoms with van der Waals surface area (Å²) in [6, 6.07) is 10.9. The Morgan fingerprint density at radius 2 is 1.96 bits per heavy atom. The summed E-state index contributed by atoms with van der Waals surface area (Å²) in [6.45, 7) is 1.64. The molecule has 1 aromatic carbocycles. The number of halogens is 1. The van der Waals surface area contributed by atoms with Crippen molar-refractivity contribution in [3.05, 3.63) is 64.0 Å². The van der Waals surface area contributed by atoms with Crippen LogP contribution in [0.3, 0.4) is 0 Å². The van der Waals surface area contributed by atoms with E-state index in [1.165, 1.54) is 5.69 Å². The number of guanidine groups is 1. The van der Waals surface area contributed by atoms with E-state index in [0.29, 0.717) is 0 Å². The highest BCUT2D eigenvalue weighted by molar-refractivity contribution is 14.0. The molecule has 1 N–H and O–H groups in total. The second-order valence-electron chi connectivity index (χ2n) is 6.32. The van der Waals surface area contributed by atoms with Gasteiger partial charge in [-0.05, 0) is 37.0 Å². The lowest BCUT2D eigenvalue weighted by atomic mass is 10.1. The van der Waals surface area contributed by atoms with Gasteiger partial charge in [0.15, 0.2) is 5.96 Å². The highest BCUT2D eigenvalue weighted by Crippen LogP contribution is 2.13. The van der Waals surface area contributed by atoms with Crippen molar-refractivity contribution in [3.63, 3.8) is 0 Å². The van der Waals surface area contributed by atoms with E-state index in [1.807, 2.05) is 38.5 Å². The van der Waals surface area contributed by atoms with Crippen LogP contribution in [-0.2, 0) is 20.0 Å². The SMILES string of the molecule is CN=C(NCCCCc1ccc([N+](=O)[O-])cc1)N(C)Cc1cccn1C.I. The quantitative estimate of drug-likeness (QED) is 0.155. The average Bonchev–Trinajstić information content (AvgIpc) is 3.03. The van der Waals surface area contributed by atoms with E-state index in [4.69, 9.17) is 0 Å². The molecule has 148 valence electrons. The third kappa shape index (κ3) is 7.20. The first-order chi connectivity index (χ1) is 12.5. The number of nitrogens with zero attached hydrogens (tertiary/aromatic N) is 4. The summed E-state index contributed by atoms with van der Waals surface area (Å²) < 4.78 is 2.11. The molecule has 0 aliphatic rings. The molecule has 1 aromatic heterocycles. The zero-order chi connectivity index (χ0) is 18.9. The fraction of sp³-hybridized carbons (Fsp3) is 0.421. The monoisotopic (exact) mass is 485 g/mol. The summed E-state index contributed by atoms with van der Waals surface area (Å²) in [5.74, 6) is 0.876. The molecule has 2 aromatic rings. The predicted octanol–water partition coefficient (Wildman–Crippen LogP) is 3.58. The van der Waals surface area contributed by atoms with Crippen molar-refractivity contribution >= 4 is 35.6 Å². The lowest BCUT2D eigenvalue weighted by Crippen LogP contribution is -2.39. The Labute approximate surface area is 177 Å². The normalized spacial score (nSPS) is 11.0. The van der Waals surface area contributed by atoms with Crippen LogP contribution in [0.2, 0.25) is 0 Å². The lowest BCUT2D eigenvalue weighted by molar-refractivity contribution is -0.384. The summed E-state index contributed by atoms with van der Waals surface area (Å²) >= 11 is 0. The Balaban J connectivity index is 0.00000364. The molecule has 7 nitrogen and oxygen atoms in total. The minimum absolute atomic E-state index is 0. The van der Waals surface area contributed by atoms with Gasteiger partial charge in [0.25, 0.3) is 5.69 Å². The molecule has 27 heavy (non-hydrogen) atoms. The Morgan fingerprint density at radius 1 is 1.26 bits per heavy atom. The van der Waals surface area contributed by atoms with Crippen LogP contribution in [0, 0.1) is 10.1 Å². The van der Waals surface area contributed by atoms with E-state index in [2.05, 4.69) is 25.8 Å². The molecule has 0 saturated heterocycles. The highest BCUT2D eigenvalue weighted by Gasteiger charge is 2.08. The first-order valence-electron chi connectivity index (χ1n) is 8.76. The fourth-order valence-corrected chi connectivity index (χ4v) is 2.80. The summed E-state index contributed by atoms with van der Waals surface area (Å²) in [4.78, 5) is 16.7. The first kappa shape index (κ1) is 22.9. The van der Waals surface area contributed by atoms with Crippen molar-refractivity contribution in [2.24, 2.45) is 12.0 Å². The summed E-state index contributed by atoms with van der Waals surface area (Å²) in [5.41, 5.74) is 2.50. The largest absolute Gasteiger partial charge is 0.356 e. The van der Waals surface area contributed by atoms with E-state index < -0.39 is 0 Å². The van der Waals surface area contributed by atoms with Crippen molar-refractivity contribution < 1.29 is 4.92 Å². The van der Waals surface area contributed by atoms with Gasteiger partial charge in [-0.15, -0.1) is 24.0 Å². The maximum atomic E-state index is 10.7. The van der Waals surface area contributed by atoms with Gasteiger partial charge in [0.05, 0.1) is 11.5 Å². The molecule has 0 saturated carbocycles. The maximum Gasteiger partial charge on any atom is 0.269 e. The zero-order valence-electron chi connectivity index (χ0n) is 16.1. The average molecular weight is 485 g/mol. The molecule has 1 heterocycles. The molecule has 2 rings (SSSR count). The van der Waals surface area contributed by atoms with Gasteiger partial charge < -0.3 is 14.8 Å². The predicted molar refractivity (Wildman–Crippen MR) is 120 cm³/mol. The highest BCUT2D eigenvalue weighted by atomic mass is 127. The van der Waals surface area contributed by atoms with E-state index in [0.717, 1.165) is 43.9 Å². The Morgan fingerprint density at radius 3 is 2.52 bits per heavy atom. The third-order valence-electron chi connectivity index (χ3n) is 4.35. The Kier molecular flexibility index (Phi) is 9.84. The number of rotatable bonds is 8. The van der Waals surface area contributed by atoms with Crippen LogP contribution in [0.25, 0.3) is 0 Å². The maximum absolute atomic E-state index is 10.7. The van der Waals surface area contributed by atoms with Crippen molar-refractivity contribution in [3.8, 4) is 0 Å². The molecule has 0 fully saturated rings. The van der Waals surface area contributed by atoms with Gasteiger partial charge in [0.2, 0.25) is 0 Å². The molecule has 8 heteroatoms. The molecular formula is C19H28IN5O2. The minimum atomic E-state index is -0.370. The van der Waals surface area contributed by atoms with Crippen LogP contribution >= 0.6 is 24.0 Å². The molecule has 0 atom stereocenters. The number of nitro benzene ring substituents is 1. The minimum Gasteiger partial charge on any atom is -0.356 e. The van der Waals surface area contributed by atoms with Crippen LogP contribution in [0.1, 0.15) is 24.1 Å². The van der Waals surface area contributed by atoms with Crippen molar-refractivity contribution in [1.82, 2.24) is 14.8 Å². The van der Waals surface area contributed by atoms with Crippen molar-refractivity contribution in [2.75, 3.05) is 20.6 Å². The molecule has 0 bridgehead atoms. The number of non-ortho nitro benzene ring substituents is 1. The fourth-order valence-electron chi connectivity index (χ4n) is 2.80. The van der Waals surface area contributed by atoms with Crippen LogP contribution in [-0.4, -0.2) is 41.0 Å². The Bertz CT molecular complexity index is 743.